The van der Waals surface area contributed by atoms with Crippen molar-refractivity contribution < 1.29 is 4.42 Å². The van der Waals surface area contributed by atoms with E-state index in [2.05, 4.69) is 6.92 Å². The SMILES string of the molecule is [CH2]c1ccc2occ(Cl)c2c1. The van der Waals surface area contributed by atoms with Crippen LogP contribution in [0.5, 0.6) is 0 Å². The lowest BCUT2D eigenvalue weighted by molar-refractivity contribution is 0.616. The summed E-state index contributed by atoms with van der Waals surface area (Å²) in [7, 11) is 0. The van der Waals surface area contributed by atoms with E-state index in [9.17, 15) is 0 Å². The molecular formula is C9H6ClO. The lowest BCUT2D eigenvalue weighted by atomic mass is 10.2. The average Bonchev–Trinajstić information content (AvgIpc) is 2.33. The second-order valence-corrected chi connectivity index (χ2v) is 2.82. The molecule has 0 saturated carbocycles. The molecule has 11 heavy (non-hydrogen) atoms. The van der Waals surface area contributed by atoms with Crippen LogP contribution in [0.15, 0.2) is 28.9 Å². The lowest BCUT2D eigenvalue weighted by Gasteiger charge is -1.90. The Morgan fingerprint density at radius 3 is 3.00 bits per heavy atom. The summed E-state index contributed by atoms with van der Waals surface area (Å²) >= 11 is 5.82. The topological polar surface area (TPSA) is 13.1 Å². The van der Waals surface area contributed by atoms with Gasteiger partial charge in [0, 0.05) is 5.39 Å². The molecule has 0 N–H and O–H groups in total. The van der Waals surface area contributed by atoms with Gasteiger partial charge in [-0.25, -0.2) is 0 Å². The summed E-state index contributed by atoms with van der Waals surface area (Å²) in [6.45, 7) is 3.79. The van der Waals surface area contributed by atoms with Crippen molar-refractivity contribution in [2.24, 2.45) is 0 Å². The van der Waals surface area contributed by atoms with Gasteiger partial charge in [0.05, 0.1) is 5.02 Å². The first-order valence-corrected chi connectivity index (χ1v) is 3.64. The Bertz CT molecular complexity index is 389. The highest BCUT2D eigenvalue weighted by molar-refractivity contribution is 6.35. The quantitative estimate of drug-likeness (QED) is 0.584. The molecule has 0 aliphatic carbocycles. The molecule has 55 valence electrons. The molecule has 1 heterocycles. The van der Waals surface area contributed by atoms with E-state index < -0.39 is 0 Å². The van der Waals surface area contributed by atoms with E-state index in [1.165, 1.54) is 6.26 Å². The Morgan fingerprint density at radius 2 is 2.18 bits per heavy atom. The monoisotopic (exact) mass is 165 g/mol. The van der Waals surface area contributed by atoms with Crippen LogP contribution in [0.3, 0.4) is 0 Å². The van der Waals surface area contributed by atoms with E-state index in [0.717, 1.165) is 16.5 Å². The van der Waals surface area contributed by atoms with E-state index in [1.54, 1.807) is 0 Å². The van der Waals surface area contributed by atoms with Crippen molar-refractivity contribution in [3.05, 3.63) is 42.0 Å². The number of furan rings is 1. The van der Waals surface area contributed by atoms with Crippen LogP contribution in [-0.4, -0.2) is 0 Å². The third-order valence-electron chi connectivity index (χ3n) is 1.59. The van der Waals surface area contributed by atoms with Crippen LogP contribution in [-0.2, 0) is 0 Å². The Labute approximate surface area is 69.6 Å². The zero-order chi connectivity index (χ0) is 7.84. The van der Waals surface area contributed by atoms with Crippen molar-refractivity contribution in [2.45, 2.75) is 0 Å². The highest BCUT2D eigenvalue weighted by Gasteiger charge is 2.01. The molecule has 2 rings (SSSR count). The van der Waals surface area contributed by atoms with E-state index in [-0.39, 0.29) is 0 Å². The summed E-state index contributed by atoms with van der Waals surface area (Å²) in [5, 5.41) is 1.57. The van der Waals surface area contributed by atoms with Gasteiger partial charge in [-0.15, -0.1) is 0 Å². The van der Waals surface area contributed by atoms with Crippen LogP contribution >= 0.6 is 11.6 Å². The van der Waals surface area contributed by atoms with E-state index in [1.807, 2.05) is 18.2 Å². The van der Waals surface area contributed by atoms with Crippen molar-refractivity contribution in [3.8, 4) is 0 Å². The van der Waals surface area contributed by atoms with Crippen LogP contribution in [0.2, 0.25) is 5.02 Å². The largest absolute Gasteiger partial charge is 0.463 e. The van der Waals surface area contributed by atoms with Gasteiger partial charge in [-0.3, -0.25) is 0 Å². The number of hydrogen-bond donors (Lipinski definition) is 0. The minimum Gasteiger partial charge on any atom is -0.463 e. The molecule has 0 atom stereocenters. The van der Waals surface area contributed by atoms with Gasteiger partial charge in [0.15, 0.2) is 0 Å². The van der Waals surface area contributed by atoms with Gasteiger partial charge in [-0.1, -0.05) is 17.7 Å². The highest BCUT2D eigenvalue weighted by Crippen LogP contribution is 2.25. The first-order chi connectivity index (χ1) is 5.27. The van der Waals surface area contributed by atoms with Crippen LogP contribution in [0.4, 0.5) is 0 Å². The molecule has 0 amide bonds. The van der Waals surface area contributed by atoms with Crippen molar-refractivity contribution in [1.29, 1.82) is 0 Å². The molecule has 2 heteroatoms. The lowest BCUT2D eigenvalue weighted by Crippen LogP contribution is -1.69. The van der Waals surface area contributed by atoms with Gasteiger partial charge in [0.2, 0.25) is 0 Å². The number of fused-ring (bicyclic) bond motifs is 1. The Morgan fingerprint density at radius 1 is 1.36 bits per heavy atom. The fraction of sp³-hybridized carbons (Fsp3) is 0. The first-order valence-electron chi connectivity index (χ1n) is 3.26. The molecule has 0 spiro atoms. The van der Waals surface area contributed by atoms with Crippen molar-refractivity contribution in [3.63, 3.8) is 0 Å². The standard InChI is InChI=1S/C9H6ClO/c1-6-2-3-9-7(4-6)8(10)5-11-9/h2-5H,1H2. The number of benzene rings is 1. The maximum absolute atomic E-state index is 5.82. The van der Waals surface area contributed by atoms with Crippen molar-refractivity contribution in [2.75, 3.05) is 0 Å². The van der Waals surface area contributed by atoms with Gasteiger partial charge >= 0.3 is 0 Å². The van der Waals surface area contributed by atoms with Crippen molar-refractivity contribution >= 4 is 22.6 Å². The highest BCUT2D eigenvalue weighted by atomic mass is 35.5. The fourth-order valence-electron chi connectivity index (χ4n) is 1.05. The van der Waals surface area contributed by atoms with Crippen LogP contribution in [0, 0.1) is 6.92 Å². The summed E-state index contributed by atoms with van der Waals surface area (Å²) in [6.07, 6.45) is 1.53. The van der Waals surface area contributed by atoms with E-state index in [4.69, 9.17) is 16.0 Å². The summed E-state index contributed by atoms with van der Waals surface area (Å²) in [5.74, 6) is 0. The summed E-state index contributed by atoms with van der Waals surface area (Å²) in [6, 6.07) is 5.66. The number of halogens is 1. The van der Waals surface area contributed by atoms with Crippen LogP contribution < -0.4 is 0 Å². The molecule has 0 unspecified atom stereocenters. The molecule has 0 bridgehead atoms. The summed E-state index contributed by atoms with van der Waals surface area (Å²) in [5.41, 5.74) is 1.75. The molecule has 0 aliphatic rings. The van der Waals surface area contributed by atoms with Crippen LogP contribution in [0.1, 0.15) is 5.56 Å². The third-order valence-corrected chi connectivity index (χ3v) is 1.88. The van der Waals surface area contributed by atoms with Gasteiger partial charge < -0.3 is 4.42 Å². The maximum Gasteiger partial charge on any atom is 0.135 e. The second-order valence-electron chi connectivity index (χ2n) is 2.41. The third kappa shape index (κ3) is 1.02. The molecule has 0 saturated heterocycles. The number of hydrogen-bond acceptors (Lipinski definition) is 1. The molecule has 1 radical (unpaired) electrons. The Kier molecular flexibility index (Phi) is 1.40. The van der Waals surface area contributed by atoms with Crippen molar-refractivity contribution in [1.82, 2.24) is 0 Å². The summed E-state index contributed by atoms with van der Waals surface area (Å²) in [4.78, 5) is 0. The van der Waals surface area contributed by atoms with E-state index >= 15 is 0 Å². The second kappa shape index (κ2) is 2.28. The smallest absolute Gasteiger partial charge is 0.135 e. The summed E-state index contributed by atoms with van der Waals surface area (Å²) < 4.78 is 5.14. The molecule has 1 aromatic heterocycles. The predicted octanol–water partition coefficient (Wildman–Crippen LogP) is 3.27. The van der Waals surface area contributed by atoms with Gasteiger partial charge in [-0.2, -0.15) is 0 Å². The van der Waals surface area contributed by atoms with Gasteiger partial charge in [0.25, 0.3) is 0 Å². The number of rotatable bonds is 0. The zero-order valence-electron chi connectivity index (χ0n) is 5.80. The fourth-order valence-corrected chi connectivity index (χ4v) is 1.24. The molecule has 1 aromatic carbocycles. The molecule has 2 aromatic rings. The minimum absolute atomic E-state index is 0.644. The average molecular weight is 166 g/mol. The first kappa shape index (κ1) is 6.74. The minimum atomic E-state index is 0.644. The maximum atomic E-state index is 5.82. The van der Waals surface area contributed by atoms with Gasteiger partial charge in [0.1, 0.15) is 11.8 Å². The van der Waals surface area contributed by atoms with E-state index in [0.29, 0.717) is 5.02 Å². The molecular weight excluding hydrogens is 160 g/mol. The Balaban J connectivity index is 2.87. The van der Waals surface area contributed by atoms with Crippen LogP contribution in [0.25, 0.3) is 11.0 Å². The van der Waals surface area contributed by atoms with Gasteiger partial charge in [-0.05, 0) is 24.6 Å². The zero-order valence-corrected chi connectivity index (χ0v) is 6.56. The predicted molar refractivity (Wildman–Crippen MR) is 45.7 cm³/mol. The Hall–Kier alpha value is -0.950. The molecule has 1 nitrogen and oxygen atoms in total. The molecule has 0 fully saturated rings. The molecule has 0 aliphatic heterocycles. The normalized spacial score (nSPS) is 10.7.